The second kappa shape index (κ2) is 5.74. The summed E-state index contributed by atoms with van der Waals surface area (Å²) in [4.78, 5) is 22.1. The van der Waals surface area contributed by atoms with Gasteiger partial charge in [-0.3, -0.25) is 0 Å². The Balaban J connectivity index is 2.81. The zero-order chi connectivity index (χ0) is 12.8. The van der Waals surface area contributed by atoms with Crippen LogP contribution in [0.4, 0.5) is 0 Å². The first-order valence-corrected chi connectivity index (χ1v) is 4.69. The van der Waals surface area contributed by atoms with Crippen molar-refractivity contribution in [2.45, 2.75) is 0 Å². The summed E-state index contributed by atoms with van der Waals surface area (Å²) in [6.07, 6.45) is 0. The minimum atomic E-state index is -0.689. The van der Waals surface area contributed by atoms with Gasteiger partial charge in [0.05, 0.1) is 14.2 Å². The van der Waals surface area contributed by atoms with Gasteiger partial charge in [0.2, 0.25) is 0 Å². The molecule has 0 spiro atoms. The summed E-state index contributed by atoms with van der Waals surface area (Å²) >= 11 is 0. The highest BCUT2D eigenvalue weighted by Crippen LogP contribution is 2.23. The molecule has 0 fully saturated rings. The summed E-state index contributed by atoms with van der Waals surface area (Å²) in [6, 6.07) is 3.98. The number of hydrogen-bond acceptors (Lipinski definition) is 6. The van der Waals surface area contributed by atoms with Crippen molar-refractivity contribution >= 4 is 11.9 Å². The van der Waals surface area contributed by atoms with Crippen LogP contribution < -0.4 is 4.74 Å². The van der Waals surface area contributed by atoms with Crippen LogP contribution in [0.5, 0.6) is 11.5 Å². The fraction of sp³-hybridized carbons (Fsp3) is 0.273. The Labute approximate surface area is 97.7 Å². The molecule has 0 saturated heterocycles. The highest BCUT2D eigenvalue weighted by atomic mass is 16.6. The Morgan fingerprint density at radius 1 is 1.24 bits per heavy atom. The Hall–Kier alpha value is -2.24. The Morgan fingerprint density at radius 3 is 2.53 bits per heavy atom. The van der Waals surface area contributed by atoms with Crippen LogP contribution in [-0.2, 0) is 14.3 Å². The van der Waals surface area contributed by atoms with Gasteiger partial charge in [-0.2, -0.15) is 0 Å². The van der Waals surface area contributed by atoms with Crippen LogP contribution in [0.3, 0.4) is 0 Å². The third-order valence-corrected chi connectivity index (χ3v) is 1.96. The number of benzene rings is 1. The van der Waals surface area contributed by atoms with Crippen LogP contribution in [-0.4, -0.2) is 37.9 Å². The topological polar surface area (TPSA) is 82.1 Å². The molecule has 0 atom stereocenters. The lowest BCUT2D eigenvalue weighted by Gasteiger charge is -2.07. The molecule has 0 bridgehead atoms. The van der Waals surface area contributed by atoms with E-state index in [4.69, 9.17) is 4.74 Å². The molecule has 92 valence electrons. The summed E-state index contributed by atoms with van der Waals surface area (Å²) in [5.74, 6) is -1.19. The fourth-order valence-electron chi connectivity index (χ4n) is 1.08. The van der Waals surface area contributed by atoms with Crippen molar-refractivity contribution in [2.24, 2.45) is 0 Å². The van der Waals surface area contributed by atoms with E-state index in [2.05, 4.69) is 9.47 Å². The SMILES string of the molecule is COC(=O)COc1ccc(O)c(C(=O)OC)c1. The normalized spacial score (nSPS) is 9.53. The van der Waals surface area contributed by atoms with E-state index in [0.717, 1.165) is 0 Å². The van der Waals surface area contributed by atoms with E-state index in [1.165, 1.54) is 32.4 Å². The van der Waals surface area contributed by atoms with Gasteiger partial charge in [-0.15, -0.1) is 0 Å². The van der Waals surface area contributed by atoms with E-state index in [-0.39, 0.29) is 23.7 Å². The second-order valence-electron chi connectivity index (χ2n) is 3.04. The van der Waals surface area contributed by atoms with Crippen molar-refractivity contribution in [3.63, 3.8) is 0 Å². The van der Waals surface area contributed by atoms with Gasteiger partial charge in [-0.25, -0.2) is 9.59 Å². The third kappa shape index (κ3) is 3.37. The predicted molar refractivity (Wildman–Crippen MR) is 57.0 cm³/mol. The van der Waals surface area contributed by atoms with Gasteiger partial charge in [-0.1, -0.05) is 0 Å². The summed E-state index contributed by atoms with van der Waals surface area (Å²) in [5.41, 5.74) is -0.0325. The van der Waals surface area contributed by atoms with E-state index in [1.807, 2.05) is 0 Å². The van der Waals surface area contributed by atoms with Crippen molar-refractivity contribution in [3.8, 4) is 11.5 Å². The van der Waals surface area contributed by atoms with E-state index in [1.54, 1.807) is 0 Å². The molecule has 1 N–H and O–H groups in total. The maximum Gasteiger partial charge on any atom is 0.343 e. The molecule has 0 radical (unpaired) electrons. The zero-order valence-corrected chi connectivity index (χ0v) is 9.43. The molecule has 6 heteroatoms. The molecule has 0 aromatic heterocycles. The molecule has 1 aromatic rings. The van der Waals surface area contributed by atoms with Crippen molar-refractivity contribution in [1.29, 1.82) is 0 Å². The summed E-state index contributed by atoms with van der Waals surface area (Å²) < 4.78 is 13.9. The van der Waals surface area contributed by atoms with Crippen LogP contribution in [0.2, 0.25) is 0 Å². The molecule has 0 unspecified atom stereocenters. The van der Waals surface area contributed by atoms with Gasteiger partial charge in [0.15, 0.2) is 6.61 Å². The van der Waals surface area contributed by atoms with Crippen molar-refractivity contribution in [1.82, 2.24) is 0 Å². The number of rotatable bonds is 4. The lowest BCUT2D eigenvalue weighted by molar-refractivity contribution is -0.142. The Kier molecular flexibility index (Phi) is 4.33. The number of methoxy groups -OCH3 is 2. The quantitative estimate of drug-likeness (QED) is 0.781. The third-order valence-electron chi connectivity index (χ3n) is 1.96. The number of aromatic hydroxyl groups is 1. The average Bonchev–Trinajstić information content (AvgIpc) is 2.36. The van der Waals surface area contributed by atoms with Gasteiger partial charge in [0.1, 0.15) is 17.1 Å². The number of phenolic OH excluding ortho intramolecular Hbond substituents is 1. The lowest BCUT2D eigenvalue weighted by atomic mass is 10.2. The van der Waals surface area contributed by atoms with Crippen LogP contribution in [0.15, 0.2) is 18.2 Å². The van der Waals surface area contributed by atoms with Crippen LogP contribution in [0, 0.1) is 0 Å². The maximum absolute atomic E-state index is 11.3. The van der Waals surface area contributed by atoms with Gasteiger partial charge in [-0.05, 0) is 18.2 Å². The molecule has 6 nitrogen and oxygen atoms in total. The van der Waals surface area contributed by atoms with Gasteiger partial charge >= 0.3 is 11.9 Å². The minimum absolute atomic E-state index is 0.0325. The molecule has 0 aliphatic rings. The van der Waals surface area contributed by atoms with Crippen molar-refractivity contribution < 1.29 is 28.9 Å². The van der Waals surface area contributed by atoms with Gasteiger partial charge in [0, 0.05) is 0 Å². The summed E-state index contributed by atoms with van der Waals surface area (Å²) in [6.45, 7) is -0.276. The monoisotopic (exact) mass is 240 g/mol. The first-order chi connectivity index (χ1) is 8.08. The van der Waals surface area contributed by atoms with Crippen molar-refractivity contribution in [3.05, 3.63) is 23.8 Å². The van der Waals surface area contributed by atoms with Crippen molar-refractivity contribution in [2.75, 3.05) is 20.8 Å². The number of ether oxygens (including phenoxy) is 3. The largest absolute Gasteiger partial charge is 0.507 e. The fourth-order valence-corrected chi connectivity index (χ4v) is 1.08. The second-order valence-corrected chi connectivity index (χ2v) is 3.04. The highest BCUT2D eigenvalue weighted by molar-refractivity contribution is 5.92. The lowest BCUT2D eigenvalue weighted by Crippen LogP contribution is -2.12. The summed E-state index contributed by atoms with van der Waals surface area (Å²) in [5, 5.41) is 9.41. The van der Waals surface area contributed by atoms with Gasteiger partial charge in [0.25, 0.3) is 0 Å². The molecule has 1 rings (SSSR count). The first kappa shape index (κ1) is 12.8. The average molecular weight is 240 g/mol. The molecule has 0 aliphatic carbocycles. The molecular formula is C11H12O6. The Bertz CT molecular complexity index is 426. The van der Waals surface area contributed by atoms with Gasteiger partial charge < -0.3 is 19.3 Å². The molecule has 1 aromatic carbocycles. The molecule has 0 heterocycles. The molecular weight excluding hydrogens is 228 g/mol. The maximum atomic E-state index is 11.3. The molecule has 0 saturated carbocycles. The van der Waals surface area contributed by atoms with E-state index >= 15 is 0 Å². The molecule has 0 aliphatic heterocycles. The zero-order valence-electron chi connectivity index (χ0n) is 9.43. The standard InChI is InChI=1S/C11H12O6/c1-15-10(13)6-17-7-3-4-9(12)8(5-7)11(14)16-2/h3-5,12H,6H2,1-2H3. The van der Waals surface area contributed by atoms with Crippen LogP contribution >= 0.6 is 0 Å². The minimum Gasteiger partial charge on any atom is -0.507 e. The number of carbonyl (C=O) groups excluding carboxylic acids is 2. The van der Waals surface area contributed by atoms with E-state index < -0.39 is 11.9 Å². The Morgan fingerprint density at radius 2 is 1.94 bits per heavy atom. The number of esters is 2. The first-order valence-electron chi connectivity index (χ1n) is 4.69. The number of phenols is 1. The van der Waals surface area contributed by atoms with E-state index in [9.17, 15) is 14.7 Å². The molecule has 0 amide bonds. The number of carbonyl (C=O) groups is 2. The summed E-state index contributed by atoms with van der Waals surface area (Å²) in [7, 11) is 2.44. The van der Waals surface area contributed by atoms with Crippen LogP contribution in [0.1, 0.15) is 10.4 Å². The molecule has 17 heavy (non-hydrogen) atoms. The van der Waals surface area contributed by atoms with E-state index in [0.29, 0.717) is 0 Å². The predicted octanol–water partition coefficient (Wildman–Crippen LogP) is 0.731. The smallest absolute Gasteiger partial charge is 0.343 e. The number of hydrogen-bond donors (Lipinski definition) is 1. The van der Waals surface area contributed by atoms with Crippen LogP contribution in [0.25, 0.3) is 0 Å². The highest BCUT2D eigenvalue weighted by Gasteiger charge is 2.13.